The van der Waals surface area contributed by atoms with Gasteiger partial charge in [0.15, 0.2) is 0 Å². The SMILES string of the molecule is CCCCOc1cc(OCCCC)c(-c2cc(C(=O)NCC)on2)c(Oc2ccc([N+](=O)[O-])cc2)c1. The number of nitro benzene ring substituents is 1. The van der Waals surface area contributed by atoms with Crippen molar-refractivity contribution in [1.29, 1.82) is 0 Å². The quantitative estimate of drug-likeness (QED) is 0.160. The van der Waals surface area contributed by atoms with E-state index in [9.17, 15) is 14.9 Å². The van der Waals surface area contributed by atoms with E-state index in [1.165, 1.54) is 30.3 Å². The minimum absolute atomic E-state index is 0.0501. The molecule has 2 aromatic carbocycles. The summed E-state index contributed by atoms with van der Waals surface area (Å²) in [5.74, 6) is 1.39. The number of carbonyl (C=O) groups excluding carboxylic acids is 1. The Hall–Kier alpha value is -4.08. The fourth-order valence-corrected chi connectivity index (χ4v) is 3.27. The van der Waals surface area contributed by atoms with Crippen LogP contribution in [0, 0.1) is 10.1 Å². The van der Waals surface area contributed by atoms with Crippen molar-refractivity contribution in [2.24, 2.45) is 0 Å². The Morgan fingerprint density at radius 2 is 1.64 bits per heavy atom. The third kappa shape index (κ3) is 6.97. The first kappa shape index (κ1) is 26.5. The van der Waals surface area contributed by atoms with Gasteiger partial charge in [-0.1, -0.05) is 31.8 Å². The summed E-state index contributed by atoms with van der Waals surface area (Å²) in [6, 6.07) is 10.7. The van der Waals surface area contributed by atoms with E-state index in [1.54, 1.807) is 12.1 Å². The summed E-state index contributed by atoms with van der Waals surface area (Å²) in [6.07, 6.45) is 3.64. The van der Waals surface area contributed by atoms with Crippen LogP contribution >= 0.6 is 0 Å². The van der Waals surface area contributed by atoms with Crippen LogP contribution in [0.15, 0.2) is 47.0 Å². The maximum atomic E-state index is 12.3. The number of nitro groups is 1. The highest BCUT2D eigenvalue weighted by Gasteiger charge is 2.23. The summed E-state index contributed by atoms with van der Waals surface area (Å²) in [5.41, 5.74) is 0.775. The largest absolute Gasteiger partial charge is 0.493 e. The molecular formula is C26H31N3O7. The Bertz CT molecular complexity index is 1160. The molecule has 0 radical (unpaired) electrons. The van der Waals surface area contributed by atoms with E-state index in [0.29, 0.717) is 54.0 Å². The van der Waals surface area contributed by atoms with Crippen LogP contribution in [-0.2, 0) is 0 Å². The molecule has 1 N–H and O–H groups in total. The smallest absolute Gasteiger partial charge is 0.289 e. The van der Waals surface area contributed by atoms with E-state index in [0.717, 1.165) is 25.7 Å². The second kappa shape index (κ2) is 13.1. The molecule has 0 unspecified atom stereocenters. The first-order valence-electron chi connectivity index (χ1n) is 12.1. The summed E-state index contributed by atoms with van der Waals surface area (Å²) in [4.78, 5) is 22.8. The highest BCUT2D eigenvalue weighted by Crippen LogP contribution is 2.44. The second-order valence-electron chi connectivity index (χ2n) is 7.99. The van der Waals surface area contributed by atoms with Gasteiger partial charge in [-0.2, -0.15) is 0 Å². The molecule has 10 nitrogen and oxygen atoms in total. The Balaban J connectivity index is 2.07. The fourth-order valence-electron chi connectivity index (χ4n) is 3.27. The lowest BCUT2D eigenvalue weighted by molar-refractivity contribution is -0.384. The number of rotatable bonds is 14. The summed E-state index contributed by atoms with van der Waals surface area (Å²) < 4.78 is 23.5. The van der Waals surface area contributed by atoms with Crippen LogP contribution in [0.4, 0.5) is 5.69 Å². The average Bonchev–Trinajstić information content (AvgIpc) is 3.35. The topological polar surface area (TPSA) is 126 Å². The minimum Gasteiger partial charge on any atom is -0.493 e. The van der Waals surface area contributed by atoms with E-state index in [-0.39, 0.29) is 17.4 Å². The number of aromatic nitrogens is 1. The summed E-state index contributed by atoms with van der Waals surface area (Å²) in [6.45, 7) is 7.37. The number of hydrogen-bond donors (Lipinski definition) is 1. The van der Waals surface area contributed by atoms with Crippen LogP contribution in [0.3, 0.4) is 0 Å². The normalized spacial score (nSPS) is 10.6. The lowest BCUT2D eigenvalue weighted by Gasteiger charge is -2.17. The highest BCUT2D eigenvalue weighted by molar-refractivity contribution is 5.93. The number of nitrogens with zero attached hydrogens (tertiary/aromatic N) is 2. The van der Waals surface area contributed by atoms with Crippen LogP contribution in [0.2, 0.25) is 0 Å². The fraction of sp³-hybridized carbons (Fsp3) is 0.385. The number of amides is 1. The predicted molar refractivity (Wildman–Crippen MR) is 134 cm³/mol. The van der Waals surface area contributed by atoms with Gasteiger partial charge in [-0.05, 0) is 31.9 Å². The zero-order chi connectivity index (χ0) is 25.9. The van der Waals surface area contributed by atoms with Crippen LogP contribution in [0.25, 0.3) is 11.3 Å². The average molecular weight is 498 g/mol. The van der Waals surface area contributed by atoms with Gasteiger partial charge in [0.05, 0.1) is 23.7 Å². The van der Waals surface area contributed by atoms with Crippen LogP contribution < -0.4 is 19.5 Å². The van der Waals surface area contributed by atoms with Crippen molar-refractivity contribution in [3.63, 3.8) is 0 Å². The van der Waals surface area contributed by atoms with Crippen molar-refractivity contribution in [2.75, 3.05) is 19.8 Å². The van der Waals surface area contributed by atoms with Crippen LogP contribution in [-0.4, -0.2) is 35.7 Å². The first-order chi connectivity index (χ1) is 17.5. The number of carbonyl (C=O) groups is 1. The highest BCUT2D eigenvalue weighted by atomic mass is 16.6. The number of nitrogens with one attached hydrogen (secondary N) is 1. The Morgan fingerprint density at radius 3 is 2.28 bits per heavy atom. The zero-order valence-electron chi connectivity index (χ0n) is 20.7. The van der Waals surface area contributed by atoms with E-state index >= 15 is 0 Å². The van der Waals surface area contributed by atoms with Gasteiger partial charge in [-0.25, -0.2) is 0 Å². The molecule has 192 valence electrons. The molecule has 0 fully saturated rings. The molecule has 10 heteroatoms. The Morgan fingerprint density at radius 1 is 0.972 bits per heavy atom. The summed E-state index contributed by atoms with van der Waals surface area (Å²) >= 11 is 0. The van der Waals surface area contributed by atoms with E-state index in [2.05, 4.69) is 24.3 Å². The molecule has 1 aromatic heterocycles. The van der Waals surface area contributed by atoms with Gasteiger partial charge in [0.1, 0.15) is 28.7 Å². The molecule has 0 atom stereocenters. The molecule has 0 saturated heterocycles. The molecule has 0 aliphatic carbocycles. The standard InChI is InChI=1S/C26H31N3O7/c1-4-7-13-33-20-15-22(34-14-8-5-2)25(21-17-24(36-28-21)26(30)27-6-3)23(16-20)35-19-11-9-18(10-12-19)29(31)32/h9-12,15-17H,4-8,13-14H2,1-3H3,(H,27,30). The van der Waals surface area contributed by atoms with E-state index in [1.807, 2.05) is 6.92 Å². The first-order valence-corrected chi connectivity index (χ1v) is 12.1. The number of ether oxygens (including phenoxy) is 3. The number of benzene rings is 2. The summed E-state index contributed by atoms with van der Waals surface area (Å²) in [5, 5.41) is 17.8. The molecule has 3 rings (SSSR count). The van der Waals surface area contributed by atoms with Gasteiger partial charge in [-0.3, -0.25) is 14.9 Å². The molecule has 36 heavy (non-hydrogen) atoms. The van der Waals surface area contributed by atoms with E-state index < -0.39 is 4.92 Å². The minimum atomic E-state index is -0.477. The molecule has 0 aliphatic rings. The molecule has 0 bridgehead atoms. The second-order valence-corrected chi connectivity index (χ2v) is 7.99. The lowest BCUT2D eigenvalue weighted by Crippen LogP contribution is -2.21. The van der Waals surface area contributed by atoms with Crippen molar-refractivity contribution in [2.45, 2.75) is 46.5 Å². The maximum absolute atomic E-state index is 12.3. The Labute approximate surface area is 209 Å². The van der Waals surface area contributed by atoms with Crippen molar-refractivity contribution in [3.8, 4) is 34.3 Å². The third-order valence-electron chi connectivity index (χ3n) is 5.16. The molecule has 0 spiro atoms. The predicted octanol–water partition coefficient (Wildman–Crippen LogP) is 6.15. The van der Waals surface area contributed by atoms with E-state index in [4.69, 9.17) is 18.7 Å². The molecule has 1 amide bonds. The van der Waals surface area contributed by atoms with Gasteiger partial charge < -0.3 is 24.1 Å². The maximum Gasteiger partial charge on any atom is 0.289 e. The number of unbranched alkanes of at least 4 members (excludes halogenated alkanes) is 2. The van der Waals surface area contributed by atoms with Gasteiger partial charge in [-0.15, -0.1) is 0 Å². The number of non-ortho nitro benzene ring substituents is 1. The van der Waals surface area contributed by atoms with Crippen LogP contribution in [0.5, 0.6) is 23.0 Å². The molecular weight excluding hydrogens is 466 g/mol. The summed E-state index contributed by atoms with van der Waals surface area (Å²) in [7, 11) is 0. The van der Waals surface area contributed by atoms with Gasteiger partial charge in [0.25, 0.3) is 11.6 Å². The molecule has 0 aliphatic heterocycles. The van der Waals surface area contributed by atoms with Gasteiger partial charge in [0.2, 0.25) is 5.76 Å². The van der Waals surface area contributed by atoms with Crippen molar-refractivity contribution < 1.29 is 28.5 Å². The third-order valence-corrected chi connectivity index (χ3v) is 5.16. The van der Waals surface area contributed by atoms with Crippen molar-refractivity contribution in [1.82, 2.24) is 10.5 Å². The lowest BCUT2D eigenvalue weighted by atomic mass is 10.1. The van der Waals surface area contributed by atoms with Crippen molar-refractivity contribution in [3.05, 3.63) is 58.3 Å². The van der Waals surface area contributed by atoms with Gasteiger partial charge >= 0.3 is 0 Å². The molecule has 0 saturated carbocycles. The molecule has 3 aromatic rings. The van der Waals surface area contributed by atoms with Crippen LogP contribution in [0.1, 0.15) is 57.0 Å². The Kier molecular flexibility index (Phi) is 9.67. The van der Waals surface area contributed by atoms with Gasteiger partial charge in [0, 0.05) is 36.9 Å². The van der Waals surface area contributed by atoms with Crippen molar-refractivity contribution >= 4 is 11.6 Å². The number of hydrogen-bond acceptors (Lipinski definition) is 8. The molecule has 1 heterocycles. The monoisotopic (exact) mass is 497 g/mol. The zero-order valence-corrected chi connectivity index (χ0v) is 20.7.